The van der Waals surface area contributed by atoms with Gasteiger partial charge in [-0.25, -0.2) is 9.78 Å². The lowest BCUT2D eigenvalue weighted by Crippen LogP contribution is -2.42. The van der Waals surface area contributed by atoms with Crippen LogP contribution < -0.4 is 5.73 Å². The molecular formula is C18H30N2O5S. The van der Waals surface area contributed by atoms with E-state index in [9.17, 15) is 9.59 Å². The van der Waals surface area contributed by atoms with Crippen molar-refractivity contribution in [2.24, 2.45) is 23.0 Å². The smallest absolute Gasteiger partial charge is 0.404 e. The predicted molar refractivity (Wildman–Crippen MR) is 100.0 cm³/mol. The monoisotopic (exact) mass is 386 g/mol. The first kappa shape index (κ1) is 22.5. The summed E-state index contributed by atoms with van der Waals surface area (Å²) in [4.78, 5) is 28.4. The van der Waals surface area contributed by atoms with Gasteiger partial charge in [-0.05, 0) is 11.3 Å². The van der Waals surface area contributed by atoms with E-state index < -0.39 is 12.2 Å². The molecule has 0 aromatic carbocycles. The van der Waals surface area contributed by atoms with Crippen LogP contribution in [0.2, 0.25) is 0 Å². The van der Waals surface area contributed by atoms with Crippen molar-refractivity contribution in [3.8, 4) is 0 Å². The van der Waals surface area contributed by atoms with Crippen molar-refractivity contribution in [3.05, 3.63) is 16.1 Å². The SMILES string of the molecule is COCOCc1csc(C(=O)CC(C(C)C)[C@@H](OC(N)=O)C(C)(C)C)n1. The summed E-state index contributed by atoms with van der Waals surface area (Å²) < 4.78 is 15.5. The molecule has 1 aromatic rings. The molecule has 148 valence electrons. The number of Topliss-reactive ketones (excluding diaryl/α,β-unsaturated/α-hetero) is 1. The molecule has 1 heterocycles. The minimum absolute atomic E-state index is 0.0750. The van der Waals surface area contributed by atoms with E-state index in [1.54, 1.807) is 12.5 Å². The number of ether oxygens (including phenoxy) is 3. The first-order chi connectivity index (χ1) is 12.1. The number of carbonyl (C=O) groups excluding carboxylic acids is 2. The molecule has 0 aliphatic heterocycles. The van der Waals surface area contributed by atoms with E-state index in [1.165, 1.54) is 11.3 Å². The number of ketones is 1. The van der Waals surface area contributed by atoms with Crippen molar-refractivity contribution < 1.29 is 23.8 Å². The van der Waals surface area contributed by atoms with Crippen molar-refractivity contribution >= 4 is 23.2 Å². The third-order valence-corrected chi connectivity index (χ3v) is 4.94. The zero-order valence-corrected chi connectivity index (χ0v) is 17.2. The number of rotatable bonds is 10. The standard InChI is InChI=1S/C18H30N2O5S/c1-11(2)13(15(18(3,4)5)25-17(19)22)7-14(21)16-20-12(9-26-16)8-24-10-23-6/h9,11,13,15H,7-8,10H2,1-6H3,(H2,19,22)/t13?,15-/m1/s1. The van der Waals surface area contributed by atoms with Crippen LogP contribution in [-0.4, -0.2) is 36.9 Å². The third kappa shape index (κ3) is 7.01. The zero-order chi connectivity index (χ0) is 19.9. The van der Waals surface area contributed by atoms with Crippen molar-refractivity contribution in [2.45, 2.75) is 53.8 Å². The van der Waals surface area contributed by atoms with Gasteiger partial charge in [0.25, 0.3) is 0 Å². The molecule has 0 fully saturated rings. The van der Waals surface area contributed by atoms with E-state index in [0.29, 0.717) is 17.3 Å². The van der Waals surface area contributed by atoms with Crippen LogP contribution in [0.25, 0.3) is 0 Å². The zero-order valence-electron chi connectivity index (χ0n) is 16.4. The average Bonchev–Trinajstić information content (AvgIpc) is 2.98. The quantitative estimate of drug-likeness (QED) is 0.374. The lowest BCUT2D eigenvalue weighted by atomic mass is 9.74. The fourth-order valence-corrected chi connectivity index (χ4v) is 3.51. The van der Waals surface area contributed by atoms with Crippen LogP contribution in [0.3, 0.4) is 0 Å². The van der Waals surface area contributed by atoms with Crippen molar-refractivity contribution in [3.63, 3.8) is 0 Å². The molecule has 2 atom stereocenters. The molecule has 0 aliphatic rings. The van der Waals surface area contributed by atoms with Crippen LogP contribution in [0, 0.1) is 17.3 Å². The maximum Gasteiger partial charge on any atom is 0.404 e. The summed E-state index contributed by atoms with van der Waals surface area (Å²) in [6.07, 6.45) is -1.05. The Bertz CT molecular complexity index is 595. The summed E-state index contributed by atoms with van der Waals surface area (Å²) in [5, 5.41) is 2.23. The van der Waals surface area contributed by atoms with E-state index in [0.717, 1.165) is 0 Å². The van der Waals surface area contributed by atoms with Crippen LogP contribution in [0.1, 0.15) is 56.5 Å². The highest BCUT2D eigenvalue weighted by molar-refractivity contribution is 7.11. The molecule has 1 rings (SSSR count). The van der Waals surface area contributed by atoms with Crippen LogP contribution in [0.4, 0.5) is 4.79 Å². The Morgan fingerprint density at radius 3 is 2.46 bits per heavy atom. The van der Waals surface area contributed by atoms with Crippen LogP contribution in [-0.2, 0) is 20.8 Å². The average molecular weight is 387 g/mol. The Balaban J connectivity index is 2.88. The summed E-state index contributed by atoms with van der Waals surface area (Å²) in [6, 6.07) is 0. The molecule has 7 nitrogen and oxygen atoms in total. The van der Waals surface area contributed by atoms with E-state index >= 15 is 0 Å². The fourth-order valence-electron chi connectivity index (χ4n) is 2.76. The number of aromatic nitrogens is 1. The van der Waals surface area contributed by atoms with Gasteiger partial charge in [0.05, 0.1) is 12.3 Å². The molecule has 1 aromatic heterocycles. The molecule has 2 N–H and O–H groups in total. The normalized spacial score (nSPS) is 14.3. The predicted octanol–water partition coefficient (Wildman–Crippen LogP) is 3.62. The van der Waals surface area contributed by atoms with Gasteiger partial charge >= 0.3 is 6.09 Å². The second-order valence-corrected chi connectivity index (χ2v) is 8.52. The topological polar surface area (TPSA) is 101 Å². The second kappa shape index (κ2) is 9.99. The molecule has 0 radical (unpaired) electrons. The maximum atomic E-state index is 12.7. The number of hydrogen-bond donors (Lipinski definition) is 1. The third-order valence-electron chi connectivity index (χ3n) is 4.00. The van der Waals surface area contributed by atoms with E-state index in [1.807, 2.05) is 34.6 Å². The lowest BCUT2D eigenvalue weighted by molar-refractivity contribution is -0.0399. The summed E-state index contributed by atoms with van der Waals surface area (Å²) in [7, 11) is 1.54. The molecule has 0 saturated carbocycles. The Labute approximate surface area is 159 Å². The highest BCUT2D eigenvalue weighted by atomic mass is 32.1. The van der Waals surface area contributed by atoms with Gasteiger partial charge < -0.3 is 19.9 Å². The van der Waals surface area contributed by atoms with Gasteiger partial charge in [0, 0.05) is 24.8 Å². The summed E-state index contributed by atoms with van der Waals surface area (Å²) in [5.41, 5.74) is 5.60. The Hall–Kier alpha value is -1.51. The van der Waals surface area contributed by atoms with Crippen LogP contribution in [0.5, 0.6) is 0 Å². The highest BCUT2D eigenvalue weighted by Crippen LogP contribution is 2.35. The van der Waals surface area contributed by atoms with Crippen molar-refractivity contribution in [1.82, 2.24) is 4.98 Å². The molecule has 0 bridgehead atoms. The molecule has 26 heavy (non-hydrogen) atoms. The van der Waals surface area contributed by atoms with Gasteiger partial charge in [-0.1, -0.05) is 34.6 Å². The number of nitrogens with two attached hydrogens (primary N) is 1. The molecular weight excluding hydrogens is 356 g/mol. The first-order valence-corrected chi connectivity index (χ1v) is 9.44. The molecule has 0 spiro atoms. The van der Waals surface area contributed by atoms with Gasteiger partial charge in [0.1, 0.15) is 12.9 Å². The van der Waals surface area contributed by atoms with E-state index in [-0.39, 0.29) is 36.2 Å². The number of hydrogen-bond acceptors (Lipinski definition) is 7. The molecule has 1 unspecified atom stereocenters. The number of nitrogens with zero attached hydrogens (tertiary/aromatic N) is 1. The van der Waals surface area contributed by atoms with Gasteiger partial charge in [-0.2, -0.15) is 0 Å². The number of thiazole rings is 1. The van der Waals surface area contributed by atoms with Gasteiger partial charge in [0.2, 0.25) is 0 Å². The summed E-state index contributed by atoms with van der Waals surface area (Å²) in [5.74, 6) is -0.104. The van der Waals surface area contributed by atoms with Gasteiger partial charge in [0.15, 0.2) is 10.8 Å². The maximum absolute atomic E-state index is 12.7. The molecule has 8 heteroatoms. The molecule has 0 aliphatic carbocycles. The van der Waals surface area contributed by atoms with Crippen molar-refractivity contribution in [1.29, 1.82) is 0 Å². The summed E-state index contributed by atoms with van der Waals surface area (Å²) >= 11 is 1.29. The second-order valence-electron chi connectivity index (χ2n) is 7.66. The number of methoxy groups -OCH3 is 1. The van der Waals surface area contributed by atoms with Crippen molar-refractivity contribution in [2.75, 3.05) is 13.9 Å². The number of carbonyl (C=O) groups is 2. The number of primary amides is 1. The van der Waals surface area contributed by atoms with E-state index in [4.69, 9.17) is 19.9 Å². The van der Waals surface area contributed by atoms with Crippen LogP contribution in [0.15, 0.2) is 5.38 Å². The van der Waals surface area contributed by atoms with E-state index in [2.05, 4.69) is 4.98 Å². The minimum Gasteiger partial charge on any atom is -0.446 e. The Morgan fingerprint density at radius 2 is 1.96 bits per heavy atom. The first-order valence-electron chi connectivity index (χ1n) is 8.56. The Kier molecular flexibility index (Phi) is 8.66. The van der Waals surface area contributed by atoms with Gasteiger partial charge in [-0.3, -0.25) is 4.79 Å². The Morgan fingerprint density at radius 1 is 1.31 bits per heavy atom. The van der Waals surface area contributed by atoms with Gasteiger partial charge in [-0.15, -0.1) is 11.3 Å². The number of amides is 1. The van der Waals surface area contributed by atoms with Crippen LogP contribution >= 0.6 is 11.3 Å². The largest absolute Gasteiger partial charge is 0.446 e. The minimum atomic E-state index is -0.824. The highest BCUT2D eigenvalue weighted by Gasteiger charge is 2.38. The summed E-state index contributed by atoms with van der Waals surface area (Å²) in [6.45, 7) is 10.4. The molecule has 1 amide bonds. The molecule has 0 saturated heterocycles. The lowest BCUT2D eigenvalue weighted by Gasteiger charge is -2.37. The fraction of sp³-hybridized carbons (Fsp3) is 0.722.